The summed E-state index contributed by atoms with van der Waals surface area (Å²) in [5, 5.41) is 10.3. The normalized spacial score (nSPS) is 33.2. The van der Waals surface area contributed by atoms with Gasteiger partial charge in [0.05, 0.1) is 0 Å². The van der Waals surface area contributed by atoms with Crippen molar-refractivity contribution >= 4 is 5.69 Å². The fourth-order valence-electron chi connectivity index (χ4n) is 2.57. The molecule has 1 aliphatic rings. The number of benzene rings is 1. The van der Waals surface area contributed by atoms with E-state index in [9.17, 15) is 5.11 Å². The van der Waals surface area contributed by atoms with Crippen molar-refractivity contribution in [1.29, 1.82) is 0 Å². The Balaban J connectivity index is 2.22. The molecule has 1 heterocycles. The Labute approximate surface area is 103 Å². The topological polar surface area (TPSA) is 23.5 Å². The third-order valence-electron chi connectivity index (χ3n) is 3.76. The molecule has 0 amide bonds. The van der Waals surface area contributed by atoms with Gasteiger partial charge in [0, 0.05) is 30.6 Å². The second kappa shape index (κ2) is 4.43. The lowest BCUT2D eigenvalue weighted by Crippen LogP contribution is -2.54. The molecule has 1 N–H and O–H groups in total. The molecule has 0 spiro atoms. The number of aliphatic hydroxyl groups is 1. The third-order valence-corrected chi connectivity index (χ3v) is 3.76. The summed E-state index contributed by atoms with van der Waals surface area (Å²) in [5.74, 6) is 2.65. The molecule has 1 aromatic carbocycles. The Morgan fingerprint density at radius 3 is 2.59 bits per heavy atom. The van der Waals surface area contributed by atoms with E-state index in [4.69, 9.17) is 6.42 Å². The molecule has 1 aliphatic heterocycles. The van der Waals surface area contributed by atoms with Gasteiger partial charge in [-0.15, -0.1) is 6.42 Å². The SMILES string of the molecule is C#CC1(O)CC(C)N(c2ccccc2)CC1C. The molecule has 2 rings (SSSR count). The summed E-state index contributed by atoms with van der Waals surface area (Å²) in [6, 6.07) is 10.5. The maximum atomic E-state index is 10.3. The first kappa shape index (κ1) is 12.0. The molecule has 1 saturated heterocycles. The quantitative estimate of drug-likeness (QED) is 0.747. The smallest absolute Gasteiger partial charge is 0.131 e. The van der Waals surface area contributed by atoms with Gasteiger partial charge in [0.1, 0.15) is 5.60 Å². The van der Waals surface area contributed by atoms with Crippen LogP contribution in [0.4, 0.5) is 5.69 Å². The van der Waals surface area contributed by atoms with Gasteiger partial charge >= 0.3 is 0 Å². The molecule has 0 bridgehead atoms. The minimum atomic E-state index is -0.954. The fraction of sp³-hybridized carbons (Fsp3) is 0.467. The molecule has 2 nitrogen and oxygen atoms in total. The molecule has 0 radical (unpaired) electrons. The molecular formula is C15H19NO. The summed E-state index contributed by atoms with van der Waals surface area (Å²) in [5.41, 5.74) is 0.246. The highest BCUT2D eigenvalue weighted by atomic mass is 16.3. The van der Waals surface area contributed by atoms with Crippen molar-refractivity contribution in [3.8, 4) is 12.3 Å². The van der Waals surface area contributed by atoms with Gasteiger partial charge in [-0.05, 0) is 19.1 Å². The molecule has 1 aromatic rings. The predicted molar refractivity (Wildman–Crippen MR) is 70.8 cm³/mol. The average molecular weight is 229 g/mol. The van der Waals surface area contributed by atoms with Crippen LogP contribution in [0.2, 0.25) is 0 Å². The number of nitrogens with zero attached hydrogens (tertiary/aromatic N) is 1. The third kappa shape index (κ3) is 2.16. The molecule has 90 valence electrons. The minimum Gasteiger partial charge on any atom is -0.377 e. The van der Waals surface area contributed by atoms with E-state index in [1.165, 1.54) is 5.69 Å². The van der Waals surface area contributed by atoms with Crippen LogP contribution < -0.4 is 4.90 Å². The van der Waals surface area contributed by atoms with Gasteiger partial charge in [0.25, 0.3) is 0 Å². The summed E-state index contributed by atoms with van der Waals surface area (Å²) in [7, 11) is 0. The van der Waals surface area contributed by atoms with Crippen molar-refractivity contribution in [1.82, 2.24) is 0 Å². The Kier molecular flexibility index (Phi) is 3.13. The first-order chi connectivity index (χ1) is 8.07. The van der Waals surface area contributed by atoms with E-state index in [2.05, 4.69) is 29.9 Å². The van der Waals surface area contributed by atoms with Crippen molar-refractivity contribution in [2.24, 2.45) is 5.92 Å². The Morgan fingerprint density at radius 1 is 1.35 bits per heavy atom. The number of hydrogen-bond donors (Lipinski definition) is 1. The molecular weight excluding hydrogens is 210 g/mol. The molecule has 1 fully saturated rings. The first-order valence-corrected chi connectivity index (χ1v) is 6.08. The van der Waals surface area contributed by atoms with E-state index >= 15 is 0 Å². The predicted octanol–water partition coefficient (Wildman–Crippen LogP) is 2.29. The van der Waals surface area contributed by atoms with Gasteiger partial charge in [-0.25, -0.2) is 0 Å². The van der Waals surface area contributed by atoms with Gasteiger partial charge in [-0.2, -0.15) is 0 Å². The monoisotopic (exact) mass is 229 g/mol. The van der Waals surface area contributed by atoms with E-state index < -0.39 is 5.60 Å². The Morgan fingerprint density at radius 2 is 2.00 bits per heavy atom. The van der Waals surface area contributed by atoms with Gasteiger partial charge in [0.2, 0.25) is 0 Å². The zero-order chi connectivity index (χ0) is 12.5. The Bertz CT molecular complexity index is 422. The van der Waals surface area contributed by atoms with Gasteiger partial charge in [-0.1, -0.05) is 31.0 Å². The minimum absolute atomic E-state index is 0.0870. The van der Waals surface area contributed by atoms with Crippen molar-refractivity contribution in [2.45, 2.75) is 31.9 Å². The van der Waals surface area contributed by atoms with Crippen LogP contribution >= 0.6 is 0 Å². The molecule has 0 saturated carbocycles. The highest BCUT2D eigenvalue weighted by Crippen LogP contribution is 2.33. The van der Waals surface area contributed by atoms with Crippen LogP contribution in [0.25, 0.3) is 0 Å². The van der Waals surface area contributed by atoms with E-state index in [1.54, 1.807) is 0 Å². The van der Waals surface area contributed by atoms with Crippen molar-refractivity contribution in [2.75, 3.05) is 11.4 Å². The van der Waals surface area contributed by atoms with Crippen molar-refractivity contribution in [3.05, 3.63) is 30.3 Å². The molecule has 2 heteroatoms. The van der Waals surface area contributed by atoms with Crippen LogP contribution in [-0.4, -0.2) is 23.3 Å². The van der Waals surface area contributed by atoms with Gasteiger partial charge in [0.15, 0.2) is 0 Å². The highest BCUT2D eigenvalue weighted by molar-refractivity contribution is 5.48. The summed E-state index contributed by atoms with van der Waals surface area (Å²) in [4.78, 5) is 2.32. The lowest BCUT2D eigenvalue weighted by atomic mass is 9.79. The van der Waals surface area contributed by atoms with Crippen LogP contribution in [0, 0.1) is 18.3 Å². The zero-order valence-electron chi connectivity index (χ0n) is 10.4. The average Bonchev–Trinajstić information content (AvgIpc) is 2.35. The van der Waals surface area contributed by atoms with Crippen LogP contribution in [0.15, 0.2) is 30.3 Å². The van der Waals surface area contributed by atoms with Crippen LogP contribution in [-0.2, 0) is 0 Å². The van der Waals surface area contributed by atoms with E-state index in [1.807, 2.05) is 25.1 Å². The standard InChI is InChI=1S/C15H19NO/c1-4-15(17)10-13(3)16(11-12(15)2)14-8-6-5-7-9-14/h1,5-9,12-13,17H,10-11H2,2-3H3. The molecule has 0 aromatic heterocycles. The van der Waals surface area contributed by atoms with Crippen molar-refractivity contribution in [3.63, 3.8) is 0 Å². The van der Waals surface area contributed by atoms with Crippen LogP contribution in [0.1, 0.15) is 20.3 Å². The number of rotatable bonds is 1. The molecule has 17 heavy (non-hydrogen) atoms. The van der Waals surface area contributed by atoms with E-state index in [0.29, 0.717) is 6.42 Å². The summed E-state index contributed by atoms with van der Waals surface area (Å²) >= 11 is 0. The molecule has 0 aliphatic carbocycles. The summed E-state index contributed by atoms with van der Waals surface area (Å²) in [6.45, 7) is 4.93. The van der Waals surface area contributed by atoms with Gasteiger partial charge in [-0.3, -0.25) is 0 Å². The van der Waals surface area contributed by atoms with Crippen LogP contribution in [0.5, 0.6) is 0 Å². The lowest BCUT2D eigenvalue weighted by molar-refractivity contribution is 0.0173. The van der Waals surface area contributed by atoms with Crippen molar-refractivity contribution < 1.29 is 5.11 Å². The fourth-order valence-corrected chi connectivity index (χ4v) is 2.57. The van der Waals surface area contributed by atoms with Gasteiger partial charge < -0.3 is 10.0 Å². The maximum absolute atomic E-state index is 10.3. The maximum Gasteiger partial charge on any atom is 0.131 e. The number of para-hydroxylation sites is 1. The van der Waals surface area contributed by atoms with E-state index in [0.717, 1.165) is 6.54 Å². The number of piperidine rings is 1. The summed E-state index contributed by atoms with van der Waals surface area (Å²) < 4.78 is 0. The largest absolute Gasteiger partial charge is 0.377 e. The highest BCUT2D eigenvalue weighted by Gasteiger charge is 2.40. The second-order valence-electron chi connectivity index (χ2n) is 5.01. The summed E-state index contributed by atoms with van der Waals surface area (Å²) in [6.07, 6.45) is 6.08. The Hall–Kier alpha value is -1.46. The lowest BCUT2D eigenvalue weighted by Gasteiger charge is -2.45. The second-order valence-corrected chi connectivity index (χ2v) is 5.01. The molecule has 3 atom stereocenters. The zero-order valence-corrected chi connectivity index (χ0v) is 10.4. The van der Waals surface area contributed by atoms with E-state index in [-0.39, 0.29) is 12.0 Å². The number of hydrogen-bond acceptors (Lipinski definition) is 2. The first-order valence-electron chi connectivity index (χ1n) is 6.08. The number of terminal acetylenes is 1. The van der Waals surface area contributed by atoms with Crippen LogP contribution in [0.3, 0.4) is 0 Å². The molecule has 3 unspecified atom stereocenters. The number of anilines is 1.